The van der Waals surface area contributed by atoms with Gasteiger partial charge in [-0.15, -0.1) is 0 Å². The van der Waals surface area contributed by atoms with Gasteiger partial charge in [0.2, 0.25) is 0 Å². The van der Waals surface area contributed by atoms with Crippen LogP contribution in [0.15, 0.2) is 206 Å². The summed E-state index contributed by atoms with van der Waals surface area (Å²) in [5.74, 6) is 0. The first kappa shape index (κ1) is 34.1. The van der Waals surface area contributed by atoms with Crippen LogP contribution in [0.1, 0.15) is 26.3 Å². The molecular weight excluding hydrogens is 663 g/mol. The predicted octanol–water partition coefficient (Wildman–Crippen LogP) is 15.4. The van der Waals surface area contributed by atoms with Crippen molar-refractivity contribution in [1.29, 1.82) is 0 Å². The van der Waals surface area contributed by atoms with Gasteiger partial charge in [0, 0.05) is 17.1 Å². The van der Waals surface area contributed by atoms with Crippen LogP contribution in [0.4, 0.5) is 17.1 Å². The van der Waals surface area contributed by atoms with E-state index in [2.05, 4.69) is 232 Å². The van der Waals surface area contributed by atoms with E-state index < -0.39 is 0 Å². The van der Waals surface area contributed by atoms with E-state index in [-0.39, 0.29) is 5.41 Å². The number of anilines is 3. The molecule has 0 saturated heterocycles. The van der Waals surface area contributed by atoms with Crippen molar-refractivity contribution in [1.82, 2.24) is 0 Å². The molecule has 9 aromatic rings. The molecule has 1 nitrogen and oxygen atoms in total. The Balaban J connectivity index is 1.06. The molecule has 0 unspecified atom stereocenters. The molecule has 264 valence electrons. The largest absolute Gasteiger partial charge is 0.311 e. The van der Waals surface area contributed by atoms with E-state index in [4.69, 9.17) is 0 Å². The standard InChI is InChI=1S/C54H43N/c1-54(2,3)46-16-8-15-45(37-46)40-27-33-48(34-28-40)55(49-35-29-44(30-36-49)53-20-10-14-42-12-5-7-18-51(42)53)47-31-25-39(26-32-47)38-21-23-43(24-22-38)52-19-9-13-41-11-4-6-17-50(41)52/h4-37H,1-3H3. The number of hydrogen-bond acceptors (Lipinski definition) is 1. The van der Waals surface area contributed by atoms with E-state index >= 15 is 0 Å². The molecule has 0 amide bonds. The number of hydrogen-bond donors (Lipinski definition) is 0. The molecule has 0 aliphatic heterocycles. The van der Waals surface area contributed by atoms with Crippen LogP contribution in [0.2, 0.25) is 0 Å². The van der Waals surface area contributed by atoms with Gasteiger partial charge in [-0.25, -0.2) is 0 Å². The Morgan fingerprint density at radius 3 is 1.15 bits per heavy atom. The van der Waals surface area contributed by atoms with Crippen molar-refractivity contribution in [2.75, 3.05) is 4.90 Å². The van der Waals surface area contributed by atoms with Crippen molar-refractivity contribution in [3.8, 4) is 44.5 Å². The Bertz CT molecular complexity index is 2740. The van der Waals surface area contributed by atoms with Crippen molar-refractivity contribution in [2.45, 2.75) is 26.2 Å². The lowest BCUT2D eigenvalue weighted by Gasteiger charge is -2.26. The van der Waals surface area contributed by atoms with Crippen LogP contribution in [-0.2, 0) is 5.41 Å². The third kappa shape index (κ3) is 6.82. The number of rotatable bonds is 7. The molecular formula is C54H43N. The van der Waals surface area contributed by atoms with Crippen LogP contribution >= 0.6 is 0 Å². The lowest BCUT2D eigenvalue weighted by molar-refractivity contribution is 0.590. The second-order valence-corrected chi connectivity index (χ2v) is 15.4. The zero-order valence-electron chi connectivity index (χ0n) is 31.6. The molecule has 9 aromatic carbocycles. The molecule has 0 aliphatic carbocycles. The Labute approximate surface area is 324 Å². The van der Waals surface area contributed by atoms with E-state index in [1.165, 1.54) is 71.6 Å². The predicted molar refractivity (Wildman–Crippen MR) is 237 cm³/mol. The Morgan fingerprint density at radius 2 is 0.673 bits per heavy atom. The minimum Gasteiger partial charge on any atom is -0.311 e. The van der Waals surface area contributed by atoms with E-state index in [9.17, 15) is 0 Å². The molecule has 0 saturated carbocycles. The Hall–Kier alpha value is -6.70. The maximum absolute atomic E-state index is 2.36. The first-order chi connectivity index (χ1) is 26.9. The van der Waals surface area contributed by atoms with Crippen LogP contribution in [0.5, 0.6) is 0 Å². The maximum atomic E-state index is 2.36. The maximum Gasteiger partial charge on any atom is 0.0462 e. The number of benzene rings is 9. The number of fused-ring (bicyclic) bond motifs is 2. The van der Waals surface area contributed by atoms with Gasteiger partial charge >= 0.3 is 0 Å². The summed E-state index contributed by atoms with van der Waals surface area (Å²) in [5.41, 5.74) is 14.5. The van der Waals surface area contributed by atoms with E-state index in [0.29, 0.717) is 0 Å². The molecule has 55 heavy (non-hydrogen) atoms. The van der Waals surface area contributed by atoms with Crippen molar-refractivity contribution >= 4 is 38.6 Å². The van der Waals surface area contributed by atoms with Crippen molar-refractivity contribution < 1.29 is 0 Å². The molecule has 0 bridgehead atoms. The molecule has 0 spiro atoms. The minimum atomic E-state index is 0.0932. The average Bonchev–Trinajstić information content (AvgIpc) is 3.24. The van der Waals surface area contributed by atoms with Crippen LogP contribution in [0.25, 0.3) is 66.1 Å². The van der Waals surface area contributed by atoms with E-state index in [1.54, 1.807) is 0 Å². The minimum absolute atomic E-state index is 0.0932. The molecule has 0 atom stereocenters. The summed E-state index contributed by atoms with van der Waals surface area (Å²) in [6, 6.07) is 75.2. The van der Waals surface area contributed by atoms with E-state index in [1.807, 2.05) is 0 Å². The third-order valence-corrected chi connectivity index (χ3v) is 10.9. The van der Waals surface area contributed by atoms with Crippen molar-refractivity contribution in [3.05, 3.63) is 212 Å². The highest BCUT2D eigenvalue weighted by Gasteiger charge is 2.16. The molecule has 0 radical (unpaired) electrons. The SMILES string of the molecule is CC(C)(C)c1cccc(-c2ccc(N(c3ccc(-c4ccc(-c5cccc6ccccc56)cc4)cc3)c3ccc(-c4cccc5ccccc45)cc3)cc2)c1. The topological polar surface area (TPSA) is 3.24 Å². The second kappa shape index (κ2) is 14.3. The average molecular weight is 706 g/mol. The zero-order valence-corrected chi connectivity index (χ0v) is 31.6. The first-order valence-electron chi connectivity index (χ1n) is 19.2. The fourth-order valence-electron chi connectivity index (χ4n) is 7.80. The second-order valence-electron chi connectivity index (χ2n) is 15.4. The van der Waals surface area contributed by atoms with Crippen LogP contribution in [-0.4, -0.2) is 0 Å². The molecule has 1 heteroatoms. The Kier molecular flexibility index (Phi) is 8.84. The summed E-state index contributed by atoms with van der Waals surface area (Å²) in [6.45, 7) is 6.81. The molecule has 0 aromatic heterocycles. The van der Waals surface area contributed by atoms with E-state index in [0.717, 1.165) is 17.1 Å². The quantitative estimate of drug-likeness (QED) is 0.160. The molecule has 0 fully saturated rings. The summed E-state index contributed by atoms with van der Waals surface area (Å²) in [5, 5.41) is 5.05. The monoisotopic (exact) mass is 705 g/mol. The van der Waals surface area contributed by atoms with Gasteiger partial charge < -0.3 is 4.90 Å². The lowest BCUT2D eigenvalue weighted by Crippen LogP contribution is -2.11. The highest BCUT2D eigenvalue weighted by Crippen LogP contribution is 2.39. The normalized spacial score (nSPS) is 11.5. The fourth-order valence-corrected chi connectivity index (χ4v) is 7.80. The van der Waals surface area contributed by atoms with Gasteiger partial charge in [0.15, 0.2) is 0 Å². The molecule has 0 heterocycles. The molecule has 0 N–H and O–H groups in total. The smallest absolute Gasteiger partial charge is 0.0462 e. The van der Waals surface area contributed by atoms with Crippen LogP contribution in [0, 0.1) is 0 Å². The summed E-state index contributed by atoms with van der Waals surface area (Å²) < 4.78 is 0. The van der Waals surface area contributed by atoms with Gasteiger partial charge in [-0.1, -0.05) is 191 Å². The number of nitrogens with zero attached hydrogens (tertiary/aromatic N) is 1. The van der Waals surface area contributed by atoms with Gasteiger partial charge in [-0.2, -0.15) is 0 Å². The molecule has 9 rings (SSSR count). The Morgan fingerprint density at radius 1 is 0.309 bits per heavy atom. The van der Waals surface area contributed by atoms with Crippen molar-refractivity contribution in [2.24, 2.45) is 0 Å². The van der Waals surface area contributed by atoms with Gasteiger partial charge in [0.25, 0.3) is 0 Å². The summed E-state index contributed by atoms with van der Waals surface area (Å²) in [6.07, 6.45) is 0. The van der Waals surface area contributed by atoms with Gasteiger partial charge in [0.05, 0.1) is 0 Å². The fraction of sp³-hybridized carbons (Fsp3) is 0.0741. The van der Waals surface area contributed by atoms with Gasteiger partial charge in [-0.05, 0) is 113 Å². The zero-order chi connectivity index (χ0) is 37.4. The summed E-state index contributed by atoms with van der Waals surface area (Å²) >= 11 is 0. The summed E-state index contributed by atoms with van der Waals surface area (Å²) in [7, 11) is 0. The highest BCUT2D eigenvalue weighted by molar-refractivity contribution is 5.98. The molecule has 0 aliphatic rings. The van der Waals surface area contributed by atoms with Gasteiger partial charge in [0.1, 0.15) is 0 Å². The lowest BCUT2D eigenvalue weighted by atomic mass is 9.85. The first-order valence-corrected chi connectivity index (χ1v) is 19.2. The highest BCUT2D eigenvalue weighted by atomic mass is 15.1. The van der Waals surface area contributed by atoms with Gasteiger partial charge in [-0.3, -0.25) is 0 Å². The van der Waals surface area contributed by atoms with Crippen LogP contribution < -0.4 is 4.90 Å². The van der Waals surface area contributed by atoms with Crippen molar-refractivity contribution in [3.63, 3.8) is 0 Å². The third-order valence-electron chi connectivity index (χ3n) is 10.9. The van der Waals surface area contributed by atoms with Crippen LogP contribution in [0.3, 0.4) is 0 Å². The summed E-state index contributed by atoms with van der Waals surface area (Å²) in [4.78, 5) is 2.36.